The van der Waals surface area contributed by atoms with Crippen LogP contribution >= 0.6 is 11.6 Å². The van der Waals surface area contributed by atoms with Crippen LogP contribution in [0.25, 0.3) is 0 Å². The first kappa shape index (κ1) is 17.2. The summed E-state index contributed by atoms with van der Waals surface area (Å²) in [5.74, 6) is -0.409. The Bertz CT molecular complexity index is 892. The fraction of sp³-hybridized carbons (Fsp3) is 0.353. The average Bonchev–Trinajstić information content (AvgIpc) is 2.62. The molecule has 0 spiro atoms. The van der Waals surface area contributed by atoms with E-state index in [1.165, 1.54) is 24.0 Å². The molecule has 6 nitrogen and oxygen atoms in total. The van der Waals surface area contributed by atoms with Gasteiger partial charge in [-0.15, -0.1) is 0 Å². The molecule has 1 saturated heterocycles. The highest BCUT2D eigenvalue weighted by Crippen LogP contribution is 2.26. The van der Waals surface area contributed by atoms with E-state index in [4.69, 9.17) is 16.9 Å². The first-order valence-electron chi connectivity index (χ1n) is 7.92. The molecule has 25 heavy (non-hydrogen) atoms. The van der Waals surface area contributed by atoms with Crippen LogP contribution in [-0.4, -0.2) is 28.9 Å². The molecule has 0 aliphatic carbocycles. The summed E-state index contributed by atoms with van der Waals surface area (Å²) in [4.78, 5) is 13.8. The Morgan fingerprint density at radius 1 is 1.48 bits per heavy atom. The van der Waals surface area contributed by atoms with Crippen molar-refractivity contribution < 1.29 is 4.39 Å². The number of benzene rings is 1. The summed E-state index contributed by atoms with van der Waals surface area (Å²) >= 11 is 6.09. The predicted octanol–water partition coefficient (Wildman–Crippen LogP) is 2.53. The van der Waals surface area contributed by atoms with Crippen LogP contribution in [0.1, 0.15) is 18.4 Å². The van der Waals surface area contributed by atoms with Crippen LogP contribution in [-0.2, 0) is 7.05 Å². The number of rotatable bonds is 3. The molecule has 2 aromatic rings. The van der Waals surface area contributed by atoms with Crippen molar-refractivity contribution in [2.75, 3.05) is 23.3 Å². The molecule has 0 amide bonds. The molecule has 1 atom stereocenters. The van der Waals surface area contributed by atoms with Gasteiger partial charge < -0.3 is 10.2 Å². The Balaban J connectivity index is 1.77. The van der Waals surface area contributed by atoms with Crippen LogP contribution in [0.4, 0.5) is 15.8 Å². The molecule has 1 N–H and O–H groups in total. The summed E-state index contributed by atoms with van der Waals surface area (Å²) in [6.07, 6.45) is 3.26. The lowest BCUT2D eigenvalue weighted by Crippen LogP contribution is -2.42. The van der Waals surface area contributed by atoms with E-state index >= 15 is 0 Å². The van der Waals surface area contributed by atoms with Crippen LogP contribution in [0.3, 0.4) is 0 Å². The number of nitrogens with one attached hydrogen (secondary N) is 1. The number of anilines is 2. The van der Waals surface area contributed by atoms with Crippen LogP contribution in [0.15, 0.2) is 29.2 Å². The summed E-state index contributed by atoms with van der Waals surface area (Å²) in [6.45, 7) is 1.29. The Kier molecular flexibility index (Phi) is 4.91. The third kappa shape index (κ3) is 3.59. The smallest absolute Gasteiger partial charge is 0.287 e. The minimum Gasteiger partial charge on any atom is -0.378 e. The van der Waals surface area contributed by atoms with Gasteiger partial charge in [0.2, 0.25) is 0 Å². The fourth-order valence-electron chi connectivity index (χ4n) is 2.98. The van der Waals surface area contributed by atoms with Gasteiger partial charge in [-0.1, -0.05) is 11.6 Å². The normalized spacial score (nSPS) is 17.2. The minimum atomic E-state index is -0.409. The number of piperidine rings is 1. The highest BCUT2D eigenvalue weighted by atomic mass is 35.5. The van der Waals surface area contributed by atoms with E-state index in [0.717, 1.165) is 19.4 Å². The van der Waals surface area contributed by atoms with Gasteiger partial charge in [0.25, 0.3) is 5.56 Å². The van der Waals surface area contributed by atoms with Gasteiger partial charge in [0.1, 0.15) is 10.8 Å². The second-order valence-corrected chi connectivity index (χ2v) is 6.39. The number of halogens is 2. The molecule has 0 saturated carbocycles. The number of hydrogen-bond donors (Lipinski definition) is 1. The van der Waals surface area contributed by atoms with Crippen molar-refractivity contribution in [2.24, 2.45) is 7.05 Å². The molecular weight excluding hydrogens is 345 g/mol. The van der Waals surface area contributed by atoms with E-state index in [2.05, 4.69) is 10.4 Å². The molecule has 0 radical (unpaired) electrons. The number of aromatic nitrogens is 2. The monoisotopic (exact) mass is 361 g/mol. The molecule has 1 aromatic carbocycles. The Labute approximate surface area is 149 Å². The maximum atomic E-state index is 14.2. The lowest BCUT2D eigenvalue weighted by atomic mass is 10.0. The average molecular weight is 362 g/mol. The van der Waals surface area contributed by atoms with Gasteiger partial charge in [0, 0.05) is 26.2 Å². The first-order chi connectivity index (χ1) is 12.0. The van der Waals surface area contributed by atoms with Crippen LogP contribution in [0, 0.1) is 17.1 Å². The molecule has 1 aliphatic heterocycles. The standard InChI is InChI=1S/C17H17ClFN5O/c1-23-17(25)16(18)14(9-21-23)22-12-3-2-6-24(10-12)15-5-4-11(8-20)7-13(15)19/h4-5,7,9,12,22H,2-3,6,10H2,1H3. The Morgan fingerprint density at radius 2 is 2.28 bits per heavy atom. The summed E-state index contributed by atoms with van der Waals surface area (Å²) < 4.78 is 15.4. The molecule has 1 fully saturated rings. The van der Waals surface area contributed by atoms with Crippen LogP contribution in [0.2, 0.25) is 5.02 Å². The van der Waals surface area contributed by atoms with Gasteiger partial charge in [0.15, 0.2) is 0 Å². The highest BCUT2D eigenvalue weighted by Gasteiger charge is 2.23. The zero-order chi connectivity index (χ0) is 18.0. The van der Waals surface area contributed by atoms with Crippen molar-refractivity contribution in [3.63, 3.8) is 0 Å². The largest absolute Gasteiger partial charge is 0.378 e. The van der Waals surface area contributed by atoms with E-state index in [0.29, 0.717) is 23.5 Å². The van der Waals surface area contributed by atoms with Gasteiger partial charge in [-0.2, -0.15) is 10.4 Å². The van der Waals surface area contributed by atoms with E-state index in [1.54, 1.807) is 12.1 Å². The maximum absolute atomic E-state index is 14.2. The molecule has 3 rings (SSSR count). The maximum Gasteiger partial charge on any atom is 0.287 e. The molecule has 1 aliphatic rings. The number of aryl methyl sites for hydroxylation is 1. The second-order valence-electron chi connectivity index (χ2n) is 6.01. The van der Waals surface area contributed by atoms with Crippen molar-refractivity contribution in [3.8, 4) is 6.07 Å². The van der Waals surface area contributed by atoms with E-state index in [9.17, 15) is 9.18 Å². The molecule has 130 valence electrons. The lowest BCUT2D eigenvalue weighted by Gasteiger charge is -2.35. The third-order valence-corrected chi connectivity index (χ3v) is 4.64. The zero-order valence-electron chi connectivity index (χ0n) is 13.7. The summed E-state index contributed by atoms with van der Waals surface area (Å²) in [5, 5.41) is 16.2. The van der Waals surface area contributed by atoms with Crippen molar-refractivity contribution in [2.45, 2.75) is 18.9 Å². The van der Waals surface area contributed by atoms with E-state index in [1.807, 2.05) is 11.0 Å². The lowest BCUT2D eigenvalue weighted by molar-refractivity contribution is 0.518. The van der Waals surface area contributed by atoms with Gasteiger partial charge in [0.05, 0.1) is 29.2 Å². The molecule has 1 aromatic heterocycles. The topological polar surface area (TPSA) is 74.0 Å². The molecule has 0 bridgehead atoms. The molecular formula is C17H17ClFN5O. The van der Waals surface area contributed by atoms with E-state index < -0.39 is 5.82 Å². The summed E-state index contributed by atoms with van der Waals surface area (Å²) in [5.41, 5.74) is 0.888. The van der Waals surface area contributed by atoms with Gasteiger partial charge in [-0.05, 0) is 31.0 Å². The van der Waals surface area contributed by atoms with Crippen molar-refractivity contribution in [3.05, 3.63) is 51.2 Å². The zero-order valence-corrected chi connectivity index (χ0v) is 14.4. The highest BCUT2D eigenvalue weighted by molar-refractivity contribution is 6.32. The summed E-state index contributed by atoms with van der Waals surface area (Å²) in [7, 11) is 1.54. The first-order valence-corrected chi connectivity index (χ1v) is 8.30. The molecule has 1 unspecified atom stereocenters. The molecule has 8 heteroatoms. The van der Waals surface area contributed by atoms with Crippen molar-refractivity contribution in [1.82, 2.24) is 9.78 Å². The van der Waals surface area contributed by atoms with Gasteiger partial charge in [-0.3, -0.25) is 4.79 Å². The second kappa shape index (κ2) is 7.11. The van der Waals surface area contributed by atoms with Crippen LogP contribution in [0.5, 0.6) is 0 Å². The molecule has 2 heterocycles. The Morgan fingerprint density at radius 3 is 3.00 bits per heavy atom. The Hall–Kier alpha value is -2.59. The SMILES string of the molecule is Cn1ncc(NC2CCCN(c3ccc(C#N)cc3F)C2)c(Cl)c1=O. The van der Waals surface area contributed by atoms with Gasteiger partial charge in [-0.25, -0.2) is 9.07 Å². The van der Waals surface area contributed by atoms with Crippen LogP contribution < -0.4 is 15.8 Å². The quantitative estimate of drug-likeness (QED) is 0.909. The number of nitriles is 1. The van der Waals surface area contributed by atoms with E-state index in [-0.39, 0.29) is 16.6 Å². The predicted molar refractivity (Wildman–Crippen MR) is 94.5 cm³/mol. The minimum absolute atomic E-state index is 0.00944. The number of hydrogen-bond acceptors (Lipinski definition) is 5. The third-order valence-electron chi connectivity index (χ3n) is 4.28. The van der Waals surface area contributed by atoms with Gasteiger partial charge >= 0.3 is 0 Å². The summed E-state index contributed by atoms with van der Waals surface area (Å²) in [6, 6.07) is 6.42. The van der Waals surface area contributed by atoms with Crippen molar-refractivity contribution in [1.29, 1.82) is 5.26 Å². The number of nitrogens with zero attached hydrogens (tertiary/aromatic N) is 4. The fourth-order valence-corrected chi connectivity index (χ4v) is 3.20. The van der Waals surface area contributed by atoms with Crippen molar-refractivity contribution >= 4 is 23.0 Å².